The summed E-state index contributed by atoms with van der Waals surface area (Å²) in [6.07, 6.45) is 3.91. The number of anilines is 1. The van der Waals surface area contributed by atoms with Gasteiger partial charge in [0, 0.05) is 32.4 Å². The molecule has 0 atom stereocenters. The number of likely N-dealkylation sites (N-methyl/N-ethyl adjacent to an activating group) is 1. The molecular weight excluding hydrogens is 188 g/mol. The van der Waals surface area contributed by atoms with Gasteiger partial charge in [-0.1, -0.05) is 6.08 Å². The second kappa shape index (κ2) is 5.56. The van der Waals surface area contributed by atoms with E-state index >= 15 is 0 Å². The molecule has 1 aromatic rings. The number of hydrogen-bond donors (Lipinski definition) is 1. The van der Waals surface area contributed by atoms with Crippen molar-refractivity contribution in [3.05, 3.63) is 24.5 Å². The maximum atomic E-state index is 5.57. The lowest BCUT2D eigenvalue weighted by atomic mass is 10.5. The molecule has 0 spiro atoms. The van der Waals surface area contributed by atoms with Gasteiger partial charge in [-0.2, -0.15) is 0 Å². The van der Waals surface area contributed by atoms with Gasteiger partial charge in [0.15, 0.2) is 0 Å². The predicted molar refractivity (Wildman–Crippen MR) is 64.1 cm³/mol. The lowest BCUT2D eigenvalue weighted by Crippen LogP contribution is -2.31. The first-order valence-corrected chi connectivity index (χ1v) is 5.32. The quantitative estimate of drug-likeness (QED) is 0.714. The minimum atomic E-state index is 0.647. The molecule has 0 saturated carbocycles. The molecular formula is C11H20N4. The first-order valence-electron chi connectivity index (χ1n) is 5.32. The largest absolute Gasteiger partial charge is 0.341 e. The minimum Gasteiger partial charge on any atom is -0.341 e. The third-order valence-corrected chi connectivity index (χ3v) is 2.27. The summed E-state index contributed by atoms with van der Waals surface area (Å²) < 4.78 is 2.10. The van der Waals surface area contributed by atoms with Gasteiger partial charge in [0.25, 0.3) is 0 Å². The van der Waals surface area contributed by atoms with Crippen molar-refractivity contribution >= 4 is 5.95 Å². The highest BCUT2D eigenvalue weighted by molar-refractivity contribution is 5.33. The Morgan fingerprint density at radius 2 is 2.40 bits per heavy atom. The molecule has 0 fully saturated rings. The van der Waals surface area contributed by atoms with E-state index in [0.717, 1.165) is 31.3 Å². The molecule has 1 aromatic heterocycles. The first-order chi connectivity index (χ1) is 7.22. The van der Waals surface area contributed by atoms with Crippen LogP contribution in [-0.4, -0.2) is 29.2 Å². The smallest absolute Gasteiger partial charge is 0.206 e. The number of nitrogens with two attached hydrogens (primary N) is 1. The van der Waals surface area contributed by atoms with Gasteiger partial charge >= 0.3 is 0 Å². The van der Waals surface area contributed by atoms with Crippen LogP contribution in [0.3, 0.4) is 0 Å². The van der Waals surface area contributed by atoms with E-state index in [0.29, 0.717) is 6.54 Å². The summed E-state index contributed by atoms with van der Waals surface area (Å²) in [5.41, 5.74) is 6.60. The fraction of sp³-hybridized carbons (Fsp3) is 0.545. The molecule has 2 N–H and O–H groups in total. The van der Waals surface area contributed by atoms with Crippen molar-refractivity contribution in [2.24, 2.45) is 5.73 Å². The summed E-state index contributed by atoms with van der Waals surface area (Å²) in [6.45, 7) is 11.0. The average molecular weight is 208 g/mol. The normalized spacial score (nSPS) is 10.3. The van der Waals surface area contributed by atoms with Crippen molar-refractivity contribution in [3.63, 3.8) is 0 Å². The molecule has 0 saturated heterocycles. The lowest BCUT2D eigenvalue weighted by molar-refractivity contribution is 0.726. The summed E-state index contributed by atoms with van der Waals surface area (Å²) in [6, 6.07) is 0. The fourth-order valence-electron chi connectivity index (χ4n) is 1.62. The Balaban J connectivity index is 2.92. The Labute approximate surface area is 91.4 Å². The van der Waals surface area contributed by atoms with Crippen LogP contribution in [0.5, 0.6) is 0 Å². The minimum absolute atomic E-state index is 0.647. The van der Waals surface area contributed by atoms with Gasteiger partial charge in [-0.3, -0.25) is 0 Å². The lowest BCUT2D eigenvalue weighted by Gasteiger charge is -2.21. The molecule has 1 heterocycles. The first kappa shape index (κ1) is 11.8. The van der Waals surface area contributed by atoms with E-state index in [2.05, 4.69) is 28.0 Å². The molecule has 0 aliphatic heterocycles. The van der Waals surface area contributed by atoms with Crippen molar-refractivity contribution < 1.29 is 0 Å². The van der Waals surface area contributed by atoms with Gasteiger partial charge in [-0.25, -0.2) is 4.98 Å². The molecule has 0 amide bonds. The van der Waals surface area contributed by atoms with Crippen LogP contribution < -0.4 is 10.6 Å². The number of aromatic nitrogens is 2. The summed E-state index contributed by atoms with van der Waals surface area (Å²) >= 11 is 0. The van der Waals surface area contributed by atoms with Gasteiger partial charge in [-0.05, 0) is 13.8 Å². The highest BCUT2D eigenvalue weighted by Gasteiger charge is 2.10. The highest BCUT2D eigenvalue weighted by atomic mass is 15.3. The Morgan fingerprint density at radius 1 is 1.67 bits per heavy atom. The van der Waals surface area contributed by atoms with E-state index in [1.54, 1.807) is 0 Å². The van der Waals surface area contributed by atoms with Gasteiger partial charge in [0.2, 0.25) is 5.95 Å². The molecule has 4 nitrogen and oxygen atoms in total. The summed E-state index contributed by atoms with van der Waals surface area (Å²) in [7, 11) is 0. The zero-order chi connectivity index (χ0) is 11.3. The molecule has 0 radical (unpaired) electrons. The molecule has 0 unspecified atom stereocenters. The summed E-state index contributed by atoms with van der Waals surface area (Å²) in [5.74, 6) is 0.986. The third kappa shape index (κ3) is 2.83. The van der Waals surface area contributed by atoms with Crippen molar-refractivity contribution in [3.8, 4) is 0 Å². The molecule has 0 aliphatic carbocycles. The number of aryl methyl sites for hydroxylation is 1. The monoisotopic (exact) mass is 208 g/mol. The molecule has 4 heteroatoms. The molecule has 15 heavy (non-hydrogen) atoms. The average Bonchev–Trinajstić information content (AvgIpc) is 2.56. The number of rotatable bonds is 6. The number of hydrogen-bond acceptors (Lipinski definition) is 3. The fourth-order valence-corrected chi connectivity index (χ4v) is 1.62. The van der Waals surface area contributed by atoms with Gasteiger partial charge in [0.05, 0.1) is 5.69 Å². The third-order valence-electron chi connectivity index (χ3n) is 2.27. The molecule has 84 valence electrons. The Bertz CT molecular complexity index is 316. The predicted octanol–water partition coefficient (Wildman–Crippen LogP) is 1.16. The molecule has 0 aromatic carbocycles. The van der Waals surface area contributed by atoms with Gasteiger partial charge in [0.1, 0.15) is 0 Å². The van der Waals surface area contributed by atoms with Crippen LogP contribution in [0.25, 0.3) is 0 Å². The molecule has 0 aliphatic rings. The zero-order valence-electron chi connectivity index (χ0n) is 9.61. The topological polar surface area (TPSA) is 47.1 Å². The van der Waals surface area contributed by atoms with Gasteiger partial charge in [-0.15, -0.1) is 6.58 Å². The number of imidazole rings is 1. The number of allylic oxidation sites excluding steroid dienone is 1. The van der Waals surface area contributed by atoms with Crippen molar-refractivity contribution in [1.29, 1.82) is 0 Å². The number of nitrogens with zero attached hydrogens (tertiary/aromatic N) is 3. The van der Waals surface area contributed by atoms with E-state index in [9.17, 15) is 0 Å². The van der Waals surface area contributed by atoms with Crippen LogP contribution in [0, 0.1) is 6.92 Å². The second-order valence-corrected chi connectivity index (χ2v) is 3.49. The standard InChI is InChI=1S/C11H20N4/c1-4-7-15-9-10(3)13-11(15)14(5-2)8-6-12/h4,9H,1,5-8,12H2,2-3H3. The summed E-state index contributed by atoms with van der Waals surface area (Å²) in [5, 5.41) is 0. The van der Waals surface area contributed by atoms with Gasteiger partial charge < -0.3 is 15.2 Å². The Kier molecular flexibility index (Phi) is 4.37. The molecule has 0 bridgehead atoms. The van der Waals surface area contributed by atoms with E-state index in [1.807, 2.05) is 19.2 Å². The van der Waals surface area contributed by atoms with Crippen molar-refractivity contribution in [1.82, 2.24) is 9.55 Å². The van der Waals surface area contributed by atoms with Crippen molar-refractivity contribution in [2.45, 2.75) is 20.4 Å². The van der Waals surface area contributed by atoms with Crippen LogP contribution in [0.15, 0.2) is 18.9 Å². The van der Waals surface area contributed by atoms with Crippen LogP contribution in [-0.2, 0) is 6.54 Å². The second-order valence-electron chi connectivity index (χ2n) is 3.49. The van der Waals surface area contributed by atoms with E-state index < -0.39 is 0 Å². The maximum absolute atomic E-state index is 5.57. The maximum Gasteiger partial charge on any atom is 0.206 e. The van der Waals surface area contributed by atoms with E-state index in [4.69, 9.17) is 5.73 Å². The summed E-state index contributed by atoms with van der Waals surface area (Å²) in [4.78, 5) is 6.68. The van der Waals surface area contributed by atoms with Crippen molar-refractivity contribution in [2.75, 3.05) is 24.5 Å². The zero-order valence-corrected chi connectivity index (χ0v) is 9.61. The Morgan fingerprint density at radius 3 is 2.93 bits per heavy atom. The van der Waals surface area contributed by atoms with E-state index in [1.165, 1.54) is 0 Å². The van der Waals surface area contributed by atoms with Crippen LogP contribution >= 0.6 is 0 Å². The highest BCUT2D eigenvalue weighted by Crippen LogP contribution is 2.13. The van der Waals surface area contributed by atoms with Crippen LogP contribution in [0.2, 0.25) is 0 Å². The van der Waals surface area contributed by atoms with Crippen LogP contribution in [0.1, 0.15) is 12.6 Å². The molecule has 1 rings (SSSR count). The Hall–Kier alpha value is -1.29. The van der Waals surface area contributed by atoms with Crippen LogP contribution in [0.4, 0.5) is 5.95 Å². The van der Waals surface area contributed by atoms with E-state index in [-0.39, 0.29) is 0 Å². The SMILES string of the molecule is C=CCn1cc(C)nc1N(CC)CCN.